The summed E-state index contributed by atoms with van der Waals surface area (Å²) in [7, 11) is 0. The molecule has 0 aliphatic carbocycles. The number of rotatable bonds is 6. The zero-order valence-corrected chi connectivity index (χ0v) is 10.4. The van der Waals surface area contributed by atoms with E-state index in [1.54, 1.807) is 0 Å². The Kier molecular flexibility index (Phi) is 5.29. The van der Waals surface area contributed by atoms with E-state index < -0.39 is 0 Å². The van der Waals surface area contributed by atoms with Gasteiger partial charge in [0.2, 0.25) is 0 Å². The lowest BCUT2D eigenvalue weighted by Gasteiger charge is -2.19. The minimum absolute atomic E-state index is 0.314. The quantitative estimate of drug-likeness (QED) is 0.774. The van der Waals surface area contributed by atoms with Gasteiger partial charge in [0.25, 0.3) is 0 Å². The summed E-state index contributed by atoms with van der Waals surface area (Å²) in [5, 5.41) is 3.43. The second-order valence-corrected chi connectivity index (χ2v) is 4.03. The second kappa shape index (κ2) is 6.51. The van der Waals surface area contributed by atoms with Crippen molar-refractivity contribution in [1.82, 2.24) is 5.32 Å². The zero-order valence-electron chi connectivity index (χ0n) is 10.4. The van der Waals surface area contributed by atoms with Crippen molar-refractivity contribution in [2.24, 2.45) is 5.73 Å². The summed E-state index contributed by atoms with van der Waals surface area (Å²) in [6, 6.07) is 8.84. The van der Waals surface area contributed by atoms with Gasteiger partial charge in [-0.25, -0.2) is 0 Å². The van der Waals surface area contributed by atoms with Crippen LogP contribution in [0.4, 0.5) is 0 Å². The average molecular weight is 222 g/mol. The average Bonchev–Trinajstić information content (AvgIpc) is 2.30. The molecule has 16 heavy (non-hydrogen) atoms. The summed E-state index contributed by atoms with van der Waals surface area (Å²) in [4.78, 5) is 0. The van der Waals surface area contributed by atoms with E-state index in [0.717, 1.165) is 5.75 Å². The highest BCUT2D eigenvalue weighted by Crippen LogP contribution is 2.17. The number of hydrogen-bond donors (Lipinski definition) is 2. The van der Waals surface area contributed by atoms with Crippen molar-refractivity contribution in [3.63, 3.8) is 0 Å². The molecule has 2 unspecified atom stereocenters. The molecule has 3 heteroatoms. The van der Waals surface area contributed by atoms with Gasteiger partial charge in [0.1, 0.15) is 5.75 Å². The van der Waals surface area contributed by atoms with Gasteiger partial charge in [0.05, 0.1) is 6.61 Å². The number of benzene rings is 1. The summed E-state index contributed by atoms with van der Waals surface area (Å²) >= 11 is 0. The van der Waals surface area contributed by atoms with E-state index in [1.807, 2.05) is 19.1 Å². The molecule has 0 saturated heterocycles. The molecule has 1 rings (SSSR count). The molecule has 0 aliphatic heterocycles. The molecular formula is C13H22N2O. The molecule has 0 fully saturated rings. The van der Waals surface area contributed by atoms with E-state index >= 15 is 0 Å². The normalized spacial score (nSPS) is 14.5. The largest absolute Gasteiger partial charge is 0.494 e. The van der Waals surface area contributed by atoms with Crippen molar-refractivity contribution in [2.45, 2.75) is 32.9 Å². The van der Waals surface area contributed by atoms with E-state index in [2.05, 4.69) is 31.3 Å². The Bertz CT molecular complexity index is 297. The SMILES string of the molecule is CCOc1ccc(C(C)NC(C)CN)cc1. The van der Waals surface area contributed by atoms with Gasteiger partial charge in [0.15, 0.2) is 0 Å². The van der Waals surface area contributed by atoms with Gasteiger partial charge in [0, 0.05) is 18.6 Å². The standard InChI is InChI=1S/C13H22N2O/c1-4-16-13-7-5-12(6-8-13)11(3)15-10(2)9-14/h5-8,10-11,15H,4,9,14H2,1-3H3. The predicted octanol–water partition coefficient (Wildman–Crippen LogP) is 2.08. The van der Waals surface area contributed by atoms with Gasteiger partial charge in [-0.2, -0.15) is 0 Å². The number of nitrogens with two attached hydrogens (primary N) is 1. The summed E-state index contributed by atoms with van der Waals surface area (Å²) in [6.07, 6.45) is 0. The first-order valence-corrected chi connectivity index (χ1v) is 5.86. The fourth-order valence-corrected chi connectivity index (χ4v) is 1.61. The first kappa shape index (κ1) is 13.0. The van der Waals surface area contributed by atoms with Gasteiger partial charge >= 0.3 is 0 Å². The maximum atomic E-state index is 5.58. The van der Waals surface area contributed by atoms with Crippen LogP contribution in [0.15, 0.2) is 24.3 Å². The summed E-state index contributed by atoms with van der Waals surface area (Å²) in [5.41, 5.74) is 6.83. The van der Waals surface area contributed by atoms with Crippen LogP contribution in [-0.4, -0.2) is 19.2 Å². The number of nitrogens with one attached hydrogen (secondary N) is 1. The van der Waals surface area contributed by atoms with Crippen molar-refractivity contribution in [3.8, 4) is 5.75 Å². The van der Waals surface area contributed by atoms with Gasteiger partial charge in [-0.05, 0) is 38.5 Å². The highest BCUT2D eigenvalue weighted by atomic mass is 16.5. The van der Waals surface area contributed by atoms with Crippen LogP contribution in [0.5, 0.6) is 5.75 Å². The number of hydrogen-bond acceptors (Lipinski definition) is 3. The van der Waals surface area contributed by atoms with Crippen LogP contribution in [0.3, 0.4) is 0 Å². The maximum Gasteiger partial charge on any atom is 0.119 e. The van der Waals surface area contributed by atoms with Crippen molar-refractivity contribution in [3.05, 3.63) is 29.8 Å². The van der Waals surface area contributed by atoms with Crippen molar-refractivity contribution in [2.75, 3.05) is 13.2 Å². The Morgan fingerprint density at radius 1 is 1.25 bits per heavy atom. The van der Waals surface area contributed by atoms with Crippen LogP contribution in [-0.2, 0) is 0 Å². The fraction of sp³-hybridized carbons (Fsp3) is 0.538. The molecule has 3 nitrogen and oxygen atoms in total. The number of ether oxygens (including phenoxy) is 1. The molecule has 0 bridgehead atoms. The van der Waals surface area contributed by atoms with Gasteiger partial charge in [-0.15, -0.1) is 0 Å². The third-order valence-corrected chi connectivity index (χ3v) is 2.58. The van der Waals surface area contributed by atoms with Crippen LogP contribution < -0.4 is 15.8 Å². The lowest BCUT2D eigenvalue weighted by atomic mass is 10.1. The molecule has 0 amide bonds. The predicted molar refractivity (Wildman–Crippen MR) is 67.7 cm³/mol. The Morgan fingerprint density at radius 3 is 2.38 bits per heavy atom. The van der Waals surface area contributed by atoms with E-state index in [1.165, 1.54) is 5.56 Å². The van der Waals surface area contributed by atoms with Crippen molar-refractivity contribution in [1.29, 1.82) is 0 Å². The highest BCUT2D eigenvalue weighted by molar-refractivity contribution is 5.28. The lowest BCUT2D eigenvalue weighted by molar-refractivity contribution is 0.340. The van der Waals surface area contributed by atoms with Crippen LogP contribution in [0.25, 0.3) is 0 Å². The lowest BCUT2D eigenvalue weighted by Crippen LogP contribution is -2.34. The van der Waals surface area contributed by atoms with Crippen LogP contribution in [0, 0.1) is 0 Å². The Balaban J connectivity index is 2.59. The first-order valence-electron chi connectivity index (χ1n) is 5.86. The van der Waals surface area contributed by atoms with E-state index in [4.69, 9.17) is 10.5 Å². The molecule has 0 heterocycles. The molecule has 90 valence electrons. The molecule has 0 spiro atoms. The third-order valence-electron chi connectivity index (χ3n) is 2.58. The molecule has 2 atom stereocenters. The summed E-state index contributed by atoms with van der Waals surface area (Å²) in [5.74, 6) is 0.922. The topological polar surface area (TPSA) is 47.3 Å². The van der Waals surface area contributed by atoms with Gasteiger partial charge in [-0.1, -0.05) is 12.1 Å². The Labute approximate surface area is 98.0 Å². The molecule has 0 saturated carbocycles. The van der Waals surface area contributed by atoms with E-state index in [9.17, 15) is 0 Å². The smallest absolute Gasteiger partial charge is 0.119 e. The monoisotopic (exact) mass is 222 g/mol. The van der Waals surface area contributed by atoms with Crippen LogP contribution in [0.1, 0.15) is 32.4 Å². The molecule has 1 aromatic carbocycles. The second-order valence-electron chi connectivity index (χ2n) is 4.03. The fourth-order valence-electron chi connectivity index (χ4n) is 1.61. The molecule has 3 N–H and O–H groups in total. The summed E-state index contributed by atoms with van der Waals surface area (Å²) in [6.45, 7) is 7.58. The van der Waals surface area contributed by atoms with Gasteiger partial charge in [-0.3, -0.25) is 0 Å². The summed E-state index contributed by atoms with van der Waals surface area (Å²) < 4.78 is 5.40. The molecule has 0 aromatic heterocycles. The minimum atomic E-state index is 0.314. The van der Waals surface area contributed by atoms with Crippen molar-refractivity contribution < 1.29 is 4.74 Å². The molecule has 0 radical (unpaired) electrons. The Hall–Kier alpha value is -1.06. The molecule has 1 aromatic rings. The minimum Gasteiger partial charge on any atom is -0.494 e. The maximum absolute atomic E-state index is 5.58. The van der Waals surface area contributed by atoms with Crippen molar-refractivity contribution >= 4 is 0 Å². The van der Waals surface area contributed by atoms with Crippen LogP contribution >= 0.6 is 0 Å². The zero-order chi connectivity index (χ0) is 12.0. The van der Waals surface area contributed by atoms with E-state index in [-0.39, 0.29) is 0 Å². The van der Waals surface area contributed by atoms with Gasteiger partial charge < -0.3 is 15.8 Å². The third kappa shape index (κ3) is 3.83. The first-order chi connectivity index (χ1) is 7.67. The molecular weight excluding hydrogens is 200 g/mol. The molecule has 0 aliphatic rings. The Morgan fingerprint density at radius 2 is 1.88 bits per heavy atom. The van der Waals surface area contributed by atoms with E-state index in [0.29, 0.717) is 25.2 Å². The van der Waals surface area contributed by atoms with Crippen LogP contribution in [0.2, 0.25) is 0 Å². The highest BCUT2D eigenvalue weighted by Gasteiger charge is 2.07.